The molecular weight excluding hydrogens is 431 g/mol. The fraction of sp³-hybridized carbons (Fsp3) is 0.238. The van der Waals surface area contributed by atoms with E-state index in [4.69, 9.17) is 4.74 Å². The molecule has 1 fully saturated rings. The monoisotopic (exact) mass is 450 g/mol. The number of anilines is 1. The van der Waals surface area contributed by atoms with Gasteiger partial charge < -0.3 is 10.1 Å². The standard InChI is InChI=1S/C21H19FN8O3/c1-12(31)23-9-15-11-30(21(32)33-15)14-3-4-16(17(22)8-14)13-5-6-29-18(10-24-19(29)7-13)20-25-26-27-28(20)2/h3-8,10,15H,9,11H2,1-2H3,(H,23,31)/t15-/m1/s1. The molecule has 1 aliphatic heterocycles. The van der Waals surface area contributed by atoms with Crippen molar-refractivity contribution >= 4 is 23.3 Å². The zero-order valence-electron chi connectivity index (χ0n) is 17.8. The molecule has 1 atom stereocenters. The number of rotatable bonds is 5. The van der Waals surface area contributed by atoms with Crippen LogP contribution in [-0.4, -0.2) is 60.8 Å². The number of nitrogens with zero attached hydrogens (tertiary/aromatic N) is 7. The maximum Gasteiger partial charge on any atom is 0.414 e. The van der Waals surface area contributed by atoms with E-state index in [2.05, 4.69) is 25.8 Å². The van der Waals surface area contributed by atoms with E-state index in [1.54, 1.807) is 48.4 Å². The van der Waals surface area contributed by atoms with Crippen molar-refractivity contribution in [1.82, 2.24) is 34.9 Å². The van der Waals surface area contributed by atoms with Gasteiger partial charge in [-0.25, -0.2) is 18.9 Å². The van der Waals surface area contributed by atoms with Gasteiger partial charge in [0.2, 0.25) is 5.91 Å². The summed E-state index contributed by atoms with van der Waals surface area (Å²) in [5, 5.41) is 14.1. The SMILES string of the molecule is CC(=O)NC[C@@H]1CN(c2ccc(-c3ccn4c(-c5nnnn5C)cnc4c3)c(F)c2)C(=O)O1. The number of pyridine rings is 1. The van der Waals surface area contributed by atoms with Crippen LogP contribution < -0.4 is 10.2 Å². The smallest absolute Gasteiger partial charge is 0.414 e. The molecule has 1 saturated heterocycles. The van der Waals surface area contributed by atoms with Crippen LogP contribution in [0.5, 0.6) is 0 Å². The third kappa shape index (κ3) is 3.75. The minimum atomic E-state index is -0.581. The normalized spacial score (nSPS) is 15.8. The van der Waals surface area contributed by atoms with Gasteiger partial charge in [0.25, 0.3) is 0 Å². The molecule has 1 N–H and O–H groups in total. The number of hydrogen-bond acceptors (Lipinski definition) is 7. The molecular formula is C21H19FN8O3. The molecule has 2 amide bonds. The summed E-state index contributed by atoms with van der Waals surface area (Å²) in [5.41, 5.74) is 2.70. The molecule has 0 radical (unpaired) electrons. The highest BCUT2D eigenvalue weighted by Crippen LogP contribution is 2.30. The number of imidazole rings is 1. The van der Waals surface area contributed by atoms with Crippen molar-refractivity contribution in [2.24, 2.45) is 7.05 Å². The van der Waals surface area contributed by atoms with Crippen molar-refractivity contribution in [3.63, 3.8) is 0 Å². The summed E-state index contributed by atoms with van der Waals surface area (Å²) < 4.78 is 23.7. The fourth-order valence-corrected chi connectivity index (χ4v) is 3.76. The Morgan fingerprint density at radius 2 is 2.15 bits per heavy atom. The Kier molecular flexibility index (Phi) is 4.96. The average molecular weight is 450 g/mol. The van der Waals surface area contributed by atoms with E-state index in [1.165, 1.54) is 17.9 Å². The van der Waals surface area contributed by atoms with Crippen LogP contribution in [0.3, 0.4) is 0 Å². The third-order valence-corrected chi connectivity index (χ3v) is 5.39. The van der Waals surface area contributed by atoms with E-state index < -0.39 is 18.0 Å². The summed E-state index contributed by atoms with van der Waals surface area (Å²) in [4.78, 5) is 29.0. The van der Waals surface area contributed by atoms with Gasteiger partial charge in [-0.2, -0.15) is 0 Å². The third-order valence-electron chi connectivity index (χ3n) is 5.39. The Morgan fingerprint density at radius 3 is 2.88 bits per heavy atom. The first-order chi connectivity index (χ1) is 15.9. The maximum atomic E-state index is 15.1. The number of hydrogen-bond donors (Lipinski definition) is 1. The number of cyclic esters (lactones) is 1. The maximum absolute atomic E-state index is 15.1. The molecule has 168 valence electrons. The number of aromatic nitrogens is 6. The van der Waals surface area contributed by atoms with Crippen LogP contribution in [0.15, 0.2) is 42.7 Å². The Labute approximate surface area is 186 Å². The van der Waals surface area contributed by atoms with E-state index >= 15 is 4.39 Å². The molecule has 4 heterocycles. The van der Waals surface area contributed by atoms with E-state index in [1.807, 2.05) is 4.40 Å². The van der Waals surface area contributed by atoms with Crippen molar-refractivity contribution in [2.75, 3.05) is 18.0 Å². The lowest BCUT2D eigenvalue weighted by molar-refractivity contribution is -0.119. The van der Waals surface area contributed by atoms with Crippen LogP contribution in [-0.2, 0) is 16.6 Å². The lowest BCUT2D eigenvalue weighted by atomic mass is 10.1. The molecule has 0 saturated carbocycles. The van der Waals surface area contributed by atoms with Gasteiger partial charge in [0.1, 0.15) is 23.3 Å². The number of ether oxygens (including phenoxy) is 1. The Balaban J connectivity index is 1.40. The summed E-state index contributed by atoms with van der Waals surface area (Å²) in [6, 6.07) is 8.10. The van der Waals surface area contributed by atoms with Gasteiger partial charge in [-0.1, -0.05) is 0 Å². The van der Waals surface area contributed by atoms with E-state index in [0.29, 0.717) is 34.0 Å². The quantitative estimate of drug-likeness (QED) is 0.492. The van der Waals surface area contributed by atoms with Crippen LogP contribution in [0.4, 0.5) is 14.9 Å². The van der Waals surface area contributed by atoms with Crippen molar-refractivity contribution < 1.29 is 18.7 Å². The highest BCUT2D eigenvalue weighted by Gasteiger charge is 2.32. The van der Waals surface area contributed by atoms with Gasteiger partial charge >= 0.3 is 6.09 Å². The van der Waals surface area contributed by atoms with Gasteiger partial charge in [0.15, 0.2) is 5.82 Å². The minimum Gasteiger partial charge on any atom is -0.442 e. The second kappa shape index (κ2) is 7.97. The van der Waals surface area contributed by atoms with Gasteiger partial charge in [-0.15, -0.1) is 5.10 Å². The van der Waals surface area contributed by atoms with Crippen molar-refractivity contribution in [2.45, 2.75) is 13.0 Å². The number of aryl methyl sites for hydroxylation is 1. The van der Waals surface area contributed by atoms with Gasteiger partial charge in [0, 0.05) is 25.7 Å². The average Bonchev–Trinajstić information content (AvgIpc) is 3.49. The summed E-state index contributed by atoms with van der Waals surface area (Å²) in [6.45, 7) is 1.81. The van der Waals surface area contributed by atoms with Crippen molar-refractivity contribution in [1.29, 1.82) is 0 Å². The highest BCUT2D eigenvalue weighted by atomic mass is 19.1. The molecule has 1 aromatic carbocycles. The van der Waals surface area contributed by atoms with Crippen LogP contribution in [0.1, 0.15) is 6.92 Å². The fourth-order valence-electron chi connectivity index (χ4n) is 3.76. The molecule has 5 rings (SSSR count). The van der Waals surface area contributed by atoms with Gasteiger partial charge in [-0.05, 0) is 46.3 Å². The molecule has 3 aromatic heterocycles. The lowest BCUT2D eigenvalue weighted by Crippen LogP contribution is -2.33. The number of carbonyl (C=O) groups is 2. The number of tetrazole rings is 1. The van der Waals surface area contributed by atoms with Gasteiger partial charge in [-0.3, -0.25) is 14.1 Å². The first kappa shape index (κ1) is 20.5. The summed E-state index contributed by atoms with van der Waals surface area (Å²) >= 11 is 0. The van der Waals surface area contributed by atoms with E-state index in [9.17, 15) is 9.59 Å². The summed E-state index contributed by atoms with van der Waals surface area (Å²) in [7, 11) is 1.73. The Hall–Kier alpha value is -4.35. The zero-order valence-corrected chi connectivity index (χ0v) is 17.8. The first-order valence-corrected chi connectivity index (χ1v) is 10.1. The predicted octanol–water partition coefficient (Wildman–Crippen LogP) is 1.79. The van der Waals surface area contributed by atoms with Crippen molar-refractivity contribution in [3.8, 4) is 22.6 Å². The van der Waals surface area contributed by atoms with E-state index in [-0.39, 0.29) is 19.0 Å². The number of amides is 2. The molecule has 0 spiro atoms. The zero-order chi connectivity index (χ0) is 23.1. The molecule has 1 aliphatic rings. The predicted molar refractivity (Wildman–Crippen MR) is 115 cm³/mol. The van der Waals surface area contributed by atoms with E-state index in [0.717, 1.165) is 0 Å². The molecule has 0 unspecified atom stereocenters. The van der Waals surface area contributed by atoms with Gasteiger partial charge in [0.05, 0.1) is 25.0 Å². The summed E-state index contributed by atoms with van der Waals surface area (Å²) in [5.74, 6) is -0.144. The Morgan fingerprint density at radius 1 is 1.30 bits per heavy atom. The molecule has 0 bridgehead atoms. The molecule has 11 nitrogen and oxygen atoms in total. The second-order valence-electron chi connectivity index (χ2n) is 7.63. The minimum absolute atomic E-state index is 0.203. The van der Waals surface area contributed by atoms with Crippen LogP contribution in [0, 0.1) is 5.82 Å². The lowest BCUT2D eigenvalue weighted by Gasteiger charge is -2.14. The molecule has 33 heavy (non-hydrogen) atoms. The highest BCUT2D eigenvalue weighted by molar-refractivity contribution is 5.90. The summed E-state index contributed by atoms with van der Waals surface area (Å²) in [6.07, 6.45) is 2.35. The molecule has 4 aromatic rings. The number of carbonyl (C=O) groups excluding carboxylic acids is 2. The second-order valence-corrected chi connectivity index (χ2v) is 7.63. The number of fused-ring (bicyclic) bond motifs is 1. The van der Waals surface area contributed by atoms with Crippen LogP contribution in [0.2, 0.25) is 0 Å². The molecule has 12 heteroatoms. The number of nitrogens with one attached hydrogen (secondary N) is 1. The number of benzene rings is 1. The number of halogens is 1. The molecule has 0 aliphatic carbocycles. The topological polar surface area (TPSA) is 120 Å². The Bertz CT molecular complexity index is 1380. The van der Waals surface area contributed by atoms with Crippen LogP contribution in [0.25, 0.3) is 28.3 Å². The first-order valence-electron chi connectivity index (χ1n) is 10.1. The largest absolute Gasteiger partial charge is 0.442 e. The van der Waals surface area contributed by atoms with Crippen LogP contribution >= 0.6 is 0 Å². The van der Waals surface area contributed by atoms with Crippen molar-refractivity contribution in [3.05, 3.63) is 48.5 Å².